The van der Waals surface area contributed by atoms with Crippen LogP contribution in [0.4, 0.5) is 0 Å². The van der Waals surface area contributed by atoms with Gasteiger partial charge in [-0.15, -0.1) is 0 Å². The summed E-state index contributed by atoms with van der Waals surface area (Å²) in [6.07, 6.45) is 2.76. The summed E-state index contributed by atoms with van der Waals surface area (Å²) in [6, 6.07) is 10.0. The average Bonchev–Trinajstić information content (AvgIpc) is 2.92. The van der Waals surface area contributed by atoms with E-state index < -0.39 is 11.4 Å². The van der Waals surface area contributed by atoms with E-state index in [1.807, 2.05) is 30.3 Å². The number of ether oxygens (including phenoxy) is 2. The summed E-state index contributed by atoms with van der Waals surface area (Å²) in [6.45, 7) is 5.42. The maximum Gasteiger partial charge on any atom is 0.168 e. The SMILES string of the molecule is C=C(Sc1ccccc1)C1(O)CCC2(CC1)OCCO2. The molecule has 1 saturated heterocycles. The molecular weight excluding hydrogens is 272 g/mol. The Balaban J connectivity index is 1.63. The van der Waals surface area contributed by atoms with Crippen LogP contribution in [0.3, 0.4) is 0 Å². The highest BCUT2D eigenvalue weighted by molar-refractivity contribution is 8.03. The quantitative estimate of drug-likeness (QED) is 0.867. The van der Waals surface area contributed by atoms with Crippen LogP contribution < -0.4 is 0 Å². The third kappa shape index (κ3) is 2.79. The molecule has 0 radical (unpaired) electrons. The standard InChI is InChI=1S/C16H20O3S/c1-13(20-14-5-3-2-4-6-14)15(17)7-9-16(10-8-15)18-11-12-19-16/h2-6,17H,1,7-12H2. The van der Waals surface area contributed by atoms with Crippen LogP contribution in [0.25, 0.3) is 0 Å². The van der Waals surface area contributed by atoms with Gasteiger partial charge < -0.3 is 14.6 Å². The van der Waals surface area contributed by atoms with E-state index >= 15 is 0 Å². The second kappa shape index (κ2) is 5.53. The van der Waals surface area contributed by atoms with E-state index in [2.05, 4.69) is 6.58 Å². The summed E-state index contributed by atoms with van der Waals surface area (Å²) < 4.78 is 11.4. The molecule has 0 atom stereocenters. The number of aliphatic hydroxyl groups is 1. The highest BCUT2D eigenvalue weighted by Crippen LogP contribution is 2.46. The van der Waals surface area contributed by atoms with Crippen LogP contribution in [0.2, 0.25) is 0 Å². The first-order valence-electron chi connectivity index (χ1n) is 7.05. The van der Waals surface area contributed by atoms with Gasteiger partial charge in [-0.3, -0.25) is 0 Å². The highest BCUT2D eigenvalue weighted by atomic mass is 32.2. The fourth-order valence-electron chi connectivity index (χ4n) is 2.83. The Kier molecular flexibility index (Phi) is 3.91. The Bertz CT molecular complexity index is 470. The van der Waals surface area contributed by atoms with Gasteiger partial charge in [-0.1, -0.05) is 36.5 Å². The van der Waals surface area contributed by atoms with Crippen LogP contribution in [0, 0.1) is 0 Å². The maximum atomic E-state index is 10.8. The number of benzene rings is 1. The van der Waals surface area contributed by atoms with Crippen LogP contribution in [-0.2, 0) is 9.47 Å². The molecule has 1 N–H and O–H groups in total. The van der Waals surface area contributed by atoms with Gasteiger partial charge in [-0.05, 0) is 25.0 Å². The predicted molar refractivity (Wildman–Crippen MR) is 79.5 cm³/mol. The van der Waals surface area contributed by atoms with Crippen LogP contribution in [0.15, 0.2) is 46.7 Å². The van der Waals surface area contributed by atoms with Gasteiger partial charge in [0.05, 0.1) is 18.8 Å². The van der Waals surface area contributed by atoms with Gasteiger partial charge >= 0.3 is 0 Å². The Morgan fingerprint density at radius 3 is 2.25 bits per heavy atom. The Morgan fingerprint density at radius 1 is 1.05 bits per heavy atom. The van der Waals surface area contributed by atoms with Crippen LogP contribution >= 0.6 is 11.8 Å². The molecule has 0 amide bonds. The van der Waals surface area contributed by atoms with Crippen molar-refractivity contribution in [2.75, 3.05) is 13.2 Å². The van der Waals surface area contributed by atoms with E-state index in [4.69, 9.17) is 9.47 Å². The molecule has 108 valence electrons. The summed E-state index contributed by atoms with van der Waals surface area (Å²) in [5.41, 5.74) is -0.818. The van der Waals surface area contributed by atoms with Crippen molar-refractivity contribution >= 4 is 11.8 Å². The fraction of sp³-hybridized carbons (Fsp3) is 0.500. The molecule has 0 aromatic heterocycles. The lowest BCUT2D eigenvalue weighted by Gasteiger charge is -2.41. The molecule has 1 aliphatic heterocycles. The Labute approximate surface area is 124 Å². The number of hydrogen-bond acceptors (Lipinski definition) is 4. The molecule has 4 heteroatoms. The third-order valence-corrected chi connectivity index (χ3v) is 5.29. The molecule has 1 aromatic carbocycles. The van der Waals surface area contributed by atoms with Gasteiger partial charge in [0.25, 0.3) is 0 Å². The van der Waals surface area contributed by atoms with E-state index in [1.165, 1.54) is 0 Å². The molecule has 20 heavy (non-hydrogen) atoms. The normalized spacial score (nSPS) is 23.9. The lowest BCUT2D eigenvalue weighted by molar-refractivity contribution is -0.196. The van der Waals surface area contributed by atoms with Gasteiger partial charge in [0.1, 0.15) is 0 Å². The zero-order valence-corrected chi connectivity index (χ0v) is 12.3. The Hall–Kier alpha value is -0.810. The first-order valence-corrected chi connectivity index (χ1v) is 7.86. The minimum Gasteiger partial charge on any atom is -0.385 e. The van der Waals surface area contributed by atoms with Crippen LogP contribution in [0.5, 0.6) is 0 Å². The minimum atomic E-state index is -0.818. The van der Waals surface area contributed by atoms with Crippen LogP contribution in [-0.4, -0.2) is 29.7 Å². The summed E-state index contributed by atoms with van der Waals surface area (Å²) in [7, 11) is 0. The van der Waals surface area contributed by atoms with Crippen molar-refractivity contribution < 1.29 is 14.6 Å². The van der Waals surface area contributed by atoms with Crippen molar-refractivity contribution in [3.8, 4) is 0 Å². The molecule has 0 bridgehead atoms. The number of rotatable bonds is 3. The number of thioether (sulfide) groups is 1. The molecular formula is C16H20O3S. The maximum absolute atomic E-state index is 10.8. The zero-order valence-electron chi connectivity index (χ0n) is 11.5. The molecule has 3 nitrogen and oxygen atoms in total. The molecule has 1 aromatic rings. The molecule has 3 rings (SSSR count). The highest BCUT2D eigenvalue weighted by Gasteiger charge is 2.46. The largest absolute Gasteiger partial charge is 0.385 e. The molecule has 2 aliphatic rings. The van der Waals surface area contributed by atoms with Crippen molar-refractivity contribution in [1.82, 2.24) is 0 Å². The topological polar surface area (TPSA) is 38.7 Å². The first kappa shape index (κ1) is 14.1. The lowest BCUT2D eigenvalue weighted by Crippen LogP contribution is -2.44. The van der Waals surface area contributed by atoms with Crippen LogP contribution in [0.1, 0.15) is 25.7 Å². The van der Waals surface area contributed by atoms with Gasteiger partial charge in [0.2, 0.25) is 0 Å². The van der Waals surface area contributed by atoms with Crippen molar-refractivity contribution in [2.24, 2.45) is 0 Å². The monoisotopic (exact) mass is 292 g/mol. The molecule has 1 spiro atoms. The van der Waals surface area contributed by atoms with Crippen molar-refractivity contribution in [3.63, 3.8) is 0 Å². The molecule has 1 aliphatic carbocycles. The second-order valence-corrected chi connectivity index (χ2v) is 6.65. The summed E-state index contributed by atoms with van der Waals surface area (Å²) >= 11 is 1.55. The molecule has 2 fully saturated rings. The van der Waals surface area contributed by atoms with Crippen molar-refractivity contribution in [1.29, 1.82) is 0 Å². The molecule has 1 saturated carbocycles. The van der Waals surface area contributed by atoms with Crippen molar-refractivity contribution in [2.45, 2.75) is 42.0 Å². The smallest absolute Gasteiger partial charge is 0.168 e. The summed E-state index contributed by atoms with van der Waals surface area (Å²) in [5.74, 6) is -0.441. The molecule has 0 unspecified atom stereocenters. The predicted octanol–water partition coefficient (Wildman–Crippen LogP) is 3.34. The van der Waals surface area contributed by atoms with Crippen molar-refractivity contribution in [3.05, 3.63) is 41.8 Å². The minimum absolute atomic E-state index is 0.441. The van der Waals surface area contributed by atoms with E-state index in [1.54, 1.807) is 11.8 Å². The van der Waals surface area contributed by atoms with Gasteiger partial charge in [0.15, 0.2) is 5.79 Å². The third-order valence-electron chi connectivity index (χ3n) is 4.16. The lowest BCUT2D eigenvalue weighted by atomic mass is 9.81. The first-order chi connectivity index (χ1) is 9.62. The zero-order chi connectivity index (χ0) is 14.1. The Morgan fingerprint density at radius 2 is 1.65 bits per heavy atom. The molecule has 1 heterocycles. The van der Waals surface area contributed by atoms with E-state index in [9.17, 15) is 5.11 Å². The summed E-state index contributed by atoms with van der Waals surface area (Å²) in [5, 5.41) is 10.8. The van der Waals surface area contributed by atoms with Gasteiger partial charge in [0, 0.05) is 22.6 Å². The van der Waals surface area contributed by atoms with Gasteiger partial charge in [-0.25, -0.2) is 0 Å². The fourth-order valence-corrected chi connectivity index (χ4v) is 3.81. The van der Waals surface area contributed by atoms with Gasteiger partial charge in [-0.2, -0.15) is 0 Å². The van der Waals surface area contributed by atoms with E-state index in [-0.39, 0.29) is 0 Å². The number of hydrogen-bond donors (Lipinski definition) is 1. The summed E-state index contributed by atoms with van der Waals surface area (Å²) in [4.78, 5) is 1.93. The van der Waals surface area contributed by atoms with E-state index in [0.29, 0.717) is 26.1 Å². The second-order valence-electron chi connectivity index (χ2n) is 5.48. The van der Waals surface area contributed by atoms with E-state index in [0.717, 1.165) is 22.6 Å². The average molecular weight is 292 g/mol.